The van der Waals surface area contributed by atoms with Crippen LogP contribution < -0.4 is 4.74 Å². The third-order valence-electron chi connectivity index (χ3n) is 3.06. The fraction of sp³-hybridized carbons (Fsp3) is 0.250. The third kappa shape index (κ3) is 2.33. The zero-order valence-corrected chi connectivity index (χ0v) is 10.7. The van der Waals surface area contributed by atoms with Crippen LogP contribution in [0.4, 0.5) is 0 Å². The lowest BCUT2D eigenvalue weighted by molar-refractivity contribution is 0.413. The van der Waals surface area contributed by atoms with Gasteiger partial charge in [0.1, 0.15) is 5.75 Å². The number of aryl methyl sites for hydroxylation is 2. The van der Waals surface area contributed by atoms with Gasteiger partial charge in [-0.2, -0.15) is 0 Å². The van der Waals surface area contributed by atoms with Gasteiger partial charge < -0.3 is 4.74 Å². The largest absolute Gasteiger partial charge is 0.496 e. The Bertz CT molecular complexity index is 515. The zero-order valence-electron chi connectivity index (χ0n) is 10.7. The summed E-state index contributed by atoms with van der Waals surface area (Å²) in [6.07, 6.45) is 1.06. The van der Waals surface area contributed by atoms with Gasteiger partial charge in [0.25, 0.3) is 0 Å². The summed E-state index contributed by atoms with van der Waals surface area (Å²) >= 11 is 0. The van der Waals surface area contributed by atoms with Gasteiger partial charge in [-0.1, -0.05) is 49.4 Å². The molecule has 0 N–H and O–H groups in total. The van der Waals surface area contributed by atoms with Crippen molar-refractivity contribution in [1.29, 1.82) is 0 Å². The van der Waals surface area contributed by atoms with E-state index in [0.29, 0.717) is 0 Å². The first-order valence-electron chi connectivity index (χ1n) is 5.99. The SMILES string of the molecule is CCc1cccc(-c2cccc(C)c2OC)c1. The van der Waals surface area contributed by atoms with E-state index in [4.69, 9.17) is 4.74 Å². The second kappa shape index (κ2) is 5.05. The molecule has 0 bridgehead atoms. The topological polar surface area (TPSA) is 9.23 Å². The lowest BCUT2D eigenvalue weighted by Gasteiger charge is -2.12. The first-order valence-corrected chi connectivity index (χ1v) is 5.99. The van der Waals surface area contributed by atoms with Crippen molar-refractivity contribution in [3.8, 4) is 16.9 Å². The average molecular weight is 226 g/mol. The van der Waals surface area contributed by atoms with E-state index in [1.807, 2.05) is 0 Å². The molecule has 2 rings (SSSR count). The number of hydrogen-bond acceptors (Lipinski definition) is 1. The quantitative estimate of drug-likeness (QED) is 0.761. The number of para-hydroxylation sites is 1. The number of benzene rings is 2. The molecule has 1 heteroatoms. The van der Waals surface area contributed by atoms with E-state index in [9.17, 15) is 0 Å². The summed E-state index contributed by atoms with van der Waals surface area (Å²) in [7, 11) is 1.73. The number of ether oxygens (including phenoxy) is 1. The summed E-state index contributed by atoms with van der Waals surface area (Å²) in [5.41, 5.74) is 4.92. The number of hydrogen-bond donors (Lipinski definition) is 0. The summed E-state index contributed by atoms with van der Waals surface area (Å²) in [5.74, 6) is 0.973. The van der Waals surface area contributed by atoms with E-state index in [1.54, 1.807) is 7.11 Å². The molecule has 0 aromatic heterocycles. The van der Waals surface area contributed by atoms with E-state index >= 15 is 0 Å². The molecule has 0 aliphatic rings. The fourth-order valence-corrected chi connectivity index (χ4v) is 2.11. The number of rotatable bonds is 3. The Kier molecular flexibility index (Phi) is 3.48. The molecule has 2 aromatic rings. The summed E-state index contributed by atoms with van der Waals surface area (Å²) in [5, 5.41) is 0. The van der Waals surface area contributed by atoms with Crippen LogP contribution in [0.2, 0.25) is 0 Å². The normalized spacial score (nSPS) is 10.3. The molecule has 0 aliphatic heterocycles. The van der Waals surface area contributed by atoms with Gasteiger partial charge in [-0.25, -0.2) is 0 Å². The van der Waals surface area contributed by atoms with Crippen LogP contribution in [0.15, 0.2) is 42.5 Å². The molecular formula is C16H18O. The highest BCUT2D eigenvalue weighted by Gasteiger charge is 2.07. The Hall–Kier alpha value is -1.76. The molecule has 0 spiro atoms. The van der Waals surface area contributed by atoms with Gasteiger partial charge >= 0.3 is 0 Å². The summed E-state index contributed by atoms with van der Waals surface area (Å²) in [6.45, 7) is 4.25. The molecule has 1 nitrogen and oxygen atoms in total. The van der Waals surface area contributed by atoms with Crippen LogP contribution in [0.25, 0.3) is 11.1 Å². The van der Waals surface area contributed by atoms with Gasteiger partial charge in [-0.15, -0.1) is 0 Å². The van der Waals surface area contributed by atoms with E-state index in [0.717, 1.165) is 12.2 Å². The second-order valence-corrected chi connectivity index (χ2v) is 4.21. The van der Waals surface area contributed by atoms with Crippen molar-refractivity contribution in [1.82, 2.24) is 0 Å². The van der Waals surface area contributed by atoms with Crippen LogP contribution >= 0.6 is 0 Å². The van der Waals surface area contributed by atoms with E-state index in [-0.39, 0.29) is 0 Å². The minimum absolute atomic E-state index is 0.973. The predicted molar refractivity (Wildman–Crippen MR) is 72.5 cm³/mol. The van der Waals surface area contributed by atoms with Crippen molar-refractivity contribution in [3.05, 3.63) is 53.6 Å². The molecule has 0 aliphatic carbocycles. The summed E-state index contributed by atoms with van der Waals surface area (Å²) in [6, 6.07) is 14.9. The Balaban J connectivity index is 2.55. The van der Waals surface area contributed by atoms with Crippen LogP contribution in [0.3, 0.4) is 0 Å². The summed E-state index contributed by atoms with van der Waals surface area (Å²) < 4.78 is 5.50. The molecule has 0 fully saturated rings. The summed E-state index contributed by atoms with van der Waals surface area (Å²) in [4.78, 5) is 0. The van der Waals surface area contributed by atoms with Crippen molar-refractivity contribution in [2.45, 2.75) is 20.3 Å². The molecular weight excluding hydrogens is 208 g/mol. The first-order chi connectivity index (χ1) is 8.26. The Labute approximate surface area is 103 Å². The van der Waals surface area contributed by atoms with E-state index in [2.05, 4.69) is 56.3 Å². The Morgan fingerprint density at radius 1 is 1.06 bits per heavy atom. The molecule has 0 amide bonds. The molecule has 0 radical (unpaired) electrons. The Morgan fingerprint density at radius 3 is 2.53 bits per heavy atom. The maximum absolute atomic E-state index is 5.50. The van der Waals surface area contributed by atoms with E-state index in [1.165, 1.54) is 22.3 Å². The standard InChI is InChI=1S/C16H18O/c1-4-13-8-6-9-14(11-13)15-10-5-7-12(2)16(15)17-3/h5-11H,4H2,1-3H3. The Morgan fingerprint density at radius 2 is 1.82 bits per heavy atom. The van der Waals surface area contributed by atoms with Crippen molar-refractivity contribution in [2.24, 2.45) is 0 Å². The van der Waals surface area contributed by atoms with Crippen molar-refractivity contribution in [2.75, 3.05) is 7.11 Å². The molecule has 0 heterocycles. The van der Waals surface area contributed by atoms with E-state index < -0.39 is 0 Å². The van der Waals surface area contributed by atoms with Gasteiger partial charge in [0, 0.05) is 5.56 Å². The first kappa shape index (κ1) is 11.7. The van der Waals surface area contributed by atoms with Crippen molar-refractivity contribution in [3.63, 3.8) is 0 Å². The zero-order chi connectivity index (χ0) is 12.3. The van der Waals surface area contributed by atoms with Crippen LogP contribution in [0, 0.1) is 6.92 Å². The van der Waals surface area contributed by atoms with Crippen LogP contribution in [-0.4, -0.2) is 7.11 Å². The fourth-order valence-electron chi connectivity index (χ4n) is 2.11. The minimum atomic E-state index is 0.973. The predicted octanol–water partition coefficient (Wildman–Crippen LogP) is 4.23. The van der Waals surface area contributed by atoms with Gasteiger partial charge in [-0.05, 0) is 30.0 Å². The minimum Gasteiger partial charge on any atom is -0.496 e. The van der Waals surface area contributed by atoms with Crippen LogP contribution in [0.1, 0.15) is 18.1 Å². The van der Waals surface area contributed by atoms with Crippen LogP contribution in [0.5, 0.6) is 5.75 Å². The van der Waals surface area contributed by atoms with Gasteiger partial charge in [0.05, 0.1) is 7.11 Å². The molecule has 0 unspecified atom stereocenters. The maximum Gasteiger partial charge on any atom is 0.129 e. The van der Waals surface area contributed by atoms with Gasteiger partial charge in [-0.3, -0.25) is 0 Å². The molecule has 0 atom stereocenters. The molecule has 88 valence electrons. The lowest BCUT2D eigenvalue weighted by Crippen LogP contribution is -1.91. The van der Waals surface area contributed by atoms with Gasteiger partial charge in [0.2, 0.25) is 0 Å². The van der Waals surface area contributed by atoms with Crippen molar-refractivity contribution < 1.29 is 4.74 Å². The number of methoxy groups -OCH3 is 1. The molecule has 0 saturated carbocycles. The van der Waals surface area contributed by atoms with Gasteiger partial charge in [0.15, 0.2) is 0 Å². The monoisotopic (exact) mass is 226 g/mol. The molecule has 0 saturated heterocycles. The molecule has 2 aromatic carbocycles. The maximum atomic E-state index is 5.50. The second-order valence-electron chi connectivity index (χ2n) is 4.21. The van der Waals surface area contributed by atoms with Crippen LogP contribution in [-0.2, 0) is 6.42 Å². The smallest absolute Gasteiger partial charge is 0.129 e. The average Bonchev–Trinajstić information content (AvgIpc) is 2.38. The highest BCUT2D eigenvalue weighted by molar-refractivity contribution is 5.72. The third-order valence-corrected chi connectivity index (χ3v) is 3.06. The lowest BCUT2D eigenvalue weighted by atomic mass is 9.99. The highest BCUT2D eigenvalue weighted by Crippen LogP contribution is 2.32. The van der Waals surface area contributed by atoms with Crippen molar-refractivity contribution >= 4 is 0 Å². The highest BCUT2D eigenvalue weighted by atomic mass is 16.5. The molecule has 17 heavy (non-hydrogen) atoms.